The second-order valence-electron chi connectivity index (χ2n) is 4.64. The number of aliphatic hydroxyl groups is 1. The fourth-order valence-electron chi connectivity index (χ4n) is 2.28. The van der Waals surface area contributed by atoms with Crippen LogP contribution in [0.5, 0.6) is 0 Å². The highest BCUT2D eigenvalue weighted by molar-refractivity contribution is 6.30. The van der Waals surface area contributed by atoms with Gasteiger partial charge in [0.2, 0.25) is 0 Å². The summed E-state index contributed by atoms with van der Waals surface area (Å²) >= 11 is 5.64. The standard InChI is InChI=1S/C13H15ClFNO4/c14-10-2-1-8(5-11(10)15)12-9(7-17)6-16(13(18)19)3-4-20-12/h1-2,5,9,12,17H,3-4,6-7H2,(H,18,19)/t9?,12-/m0/s1. The third-order valence-corrected chi connectivity index (χ3v) is 3.63. The van der Waals surface area contributed by atoms with Gasteiger partial charge < -0.3 is 19.8 Å². The van der Waals surface area contributed by atoms with E-state index in [1.54, 1.807) is 6.07 Å². The van der Waals surface area contributed by atoms with Crippen molar-refractivity contribution < 1.29 is 24.1 Å². The largest absolute Gasteiger partial charge is 0.465 e. The molecule has 110 valence electrons. The Morgan fingerprint density at radius 2 is 2.30 bits per heavy atom. The first kappa shape index (κ1) is 15.0. The second kappa shape index (κ2) is 6.39. The number of hydrogen-bond acceptors (Lipinski definition) is 3. The highest BCUT2D eigenvalue weighted by Crippen LogP contribution is 2.31. The van der Waals surface area contributed by atoms with Crippen molar-refractivity contribution in [2.24, 2.45) is 5.92 Å². The molecule has 1 amide bonds. The number of amides is 1. The maximum absolute atomic E-state index is 13.5. The molecule has 1 aliphatic heterocycles. The predicted octanol–water partition coefficient (Wildman–Crippen LogP) is 2.14. The summed E-state index contributed by atoms with van der Waals surface area (Å²) in [4.78, 5) is 12.2. The normalized spacial score (nSPS) is 23.4. The summed E-state index contributed by atoms with van der Waals surface area (Å²) in [7, 11) is 0. The van der Waals surface area contributed by atoms with Gasteiger partial charge in [-0.05, 0) is 17.7 Å². The third kappa shape index (κ3) is 3.20. The van der Waals surface area contributed by atoms with Gasteiger partial charge in [0.05, 0.1) is 24.3 Å². The molecule has 0 bridgehead atoms. The molecule has 1 saturated heterocycles. The lowest BCUT2D eigenvalue weighted by Crippen LogP contribution is -2.36. The van der Waals surface area contributed by atoms with Gasteiger partial charge in [-0.2, -0.15) is 0 Å². The lowest BCUT2D eigenvalue weighted by molar-refractivity contribution is 0.0112. The number of benzene rings is 1. The first-order chi connectivity index (χ1) is 9.52. The van der Waals surface area contributed by atoms with E-state index in [2.05, 4.69) is 0 Å². The van der Waals surface area contributed by atoms with Crippen molar-refractivity contribution >= 4 is 17.7 Å². The highest BCUT2D eigenvalue weighted by Gasteiger charge is 2.31. The summed E-state index contributed by atoms with van der Waals surface area (Å²) in [6.07, 6.45) is -1.62. The second-order valence-corrected chi connectivity index (χ2v) is 5.04. The molecular weight excluding hydrogens is 289 g/mol. The zero-order valence-corrected chi connectivity index (χ0v) is 11.4. The maximum Gasteiger partial charge on any atom is 0.407 e. The summed E-state index contributed by atoms with van der Waals surface area (Å²) in [5.74, 6) is -1.02. The monoisotopic (exact) mass is 303 g/mol. The molecule has 1 unspecified atom stereocenters. The van der Waals surface area contributed by atoms with E-state index >= 15 is 0 Å². The smallest absolute Gasteiger partial charge is 0.407 e. The Kier molecular flexibility index (Phi) is 4.80. The van der Waals surface area contributed by atoms with Gasteiger partial charge in [0.1, 0.15) is 5.82 Å². The van der Waals surface area contributed by atoms with Crippen molar-refractivity contribution in [1.82, 2.24) is 4.90 Å². The lowest BCUT2D eigenvalue weighted by Gasteiger charge is -2.25. The lowest BCUT2D eigenvalue weighted by atomic mass is 9.96. The maximum atomic E-state index is 13.5. The minimum Gasteiger partial charge on any atom is -0.465 e. The zero-order chi connectivity index (χ0) is 14.7. The van der Waals surface area contributed by atoms with Gasteiger partial charge >= 0.3 is 6.09 Å². The number of nitrogens with zero attached hydrogens (tertiary/aromatic N) is 1. The fraction of sp³-hybridized carbons (Fsp3) is 0.462. The molecule has 1 aromatic rings. The van der Waals surface area contributed by atoms with E-state index < -0.39 is 23.9 Å². The molecule has 1 aromatic carbocycles. The summed E-state index contributed by atoms with van der Waals surface area (Å²) in [5.41, 5.74) is 0.540. The van der Waals surface area contributed by atoms with E-state index in [9.17, 15) is 14.3 Å². The van der Waals surface area contributed by atoms with Crippen molar-refractivity contribution in [2.45, 2.75) is 6.10 Å². The SMILES string of the molecule is O=C(O)N1CCO[C@@H](c2ccc(Cl)c(F)c2)C(CO)C1. The first-order valence-electron chi connectivity index (χ1n) is 6.18. The third-order valence-electron chi connectivity index (χ3n) is 3.32. The van der Waals surface area contributed by atoms with Crippen LogP contribution in [0.2, 0.25) is 5.02 Å². The van der Waals surface area contributed by atoms with Gasteiger partial charge in [-0.15, -0.1) is 0 Å². The minimum absolute atomic E-state index is 0.00934. The molecule has 0 aliphatic carbocycles. The van der Waals surface area contributed by atoms with Gasteiger partial charge in [0.15, 0.2) is 0 Å². The molecule has 2 rings (SSSR count). The Balaban J connectivity index is 2.24. The molecule has 20 heavy (non-hydrogen) atoms. The van der Waals surface area contributed by atoms with E-state index in [1.807, 2.05) is 0 Å². The molecule has 0 radical (unpaired) electrons. The van der Waals surface area contributed by atoms with Gasteiger partial charge in [0.25, 0.3) is 0 Å². The number of carbonyl (C=O) groups is 1. The molecule has 2 atom stereocenters. The average Bonchev–Trinajstić information content (AvgIpc) is 2.64. The molecule has 0 aromatic heterocycles. The van der Waals surface area contributed by atoms with Crippen molar-refractivity contribution in [3.8, 4) is 0 Å². The van der Waals surface area contributed by atoms with Crippen LogP contribution in [-0.2, 0) is 4.74 Å². The van der Waals surface area contributed by atoms with Crippen molar-refractivity contribution in [1.29, 1.82) is 0 Å². The van der Waals surface area contributed by atoms with Crippen LogP contribution in [-0.4, -0.2) is 47.5 Å². The Hall–Kier alpha value is -1.37. The molecule has 1 aliphatic rings. The molecule has 1 heterocycles. The van der Waals surface area contributed by atoms with Crippen LogP contribution in [0.1, 0.15) is 11.7 Å². The fourth-order valence-corrected chi connectivity index (χ4v) is 2.40. The molecule has 2 N–H and O–H groups in total. The van der Waals surface area contributed by atoms with Gasteiger partial charge in [-0.1, -0.05) is 17.7 Å². The van der Waals surface area contributed by atoms with Crippen LogP contribution in [0.15, 0.2) is 18.2 Å². The van der Waals surface area contributed by atoms with Crippen LogP contribution >= 0.6 is 11.6 Å². The summed E-state index contributed by atoms with van der Waals surface area (Å²) < 4.78 is 19.1. The Morgan fingerprint density at radius 1 is 1.55 bits per heavy atom. The topological polar surface area (TPSA) is 70.0 Å². The first-order valence-corrected chi connectivity index (χ1v) is 6.56. The minimum atomic E-state index is -1.06. The number of halogens is 2. The number of ether oxygens (including phenoxy) is 1. The van der Waals surface area contributed by atoms with Crippen molar-refractivity contribution in [2.75, 3.05) is 26.3 Å². The van der Waals surface area contributed by atoms with Crippen LogP contribution in [0.3, 0.4) is 0 Å². The quantitative estimate of drug-likeness (QED) is 0.878. The average molecular weight is 304 g/mol. The van der Waals surface area contributed by atoms with Crippen LogP contribution in [0.4, 0.5) is 9.18 Å². The van der Waals surface area contributed by atoms with E-state index in [-0.39, 0.29) is 31.3 Å². The number of hydrogen-bond donors (Lipinski definition) is 2. The molecule has 1 fully saturated rings. The number of carboxylic acid groups (broad SMARTS) is 1. The van der Waals surface area contributed by atoms with Gasteiger partial charge in [-0.3, -0.25) is 0 Å². The molecule has 0 spiro atoms. The van der Waals surface area contributed by atoms with E-state index in [1.165, 1.54) is 17.0 Å². The Morgan fingerprint density at radius 3 is 2.90 bits per heavy atom. The van der Waals surface area contributed by atoms with E-state index in [4.69, 9.17) is 21.4 Å². The molecular formula is C13H15ClFNO4. The Labute approximate surface area is 120 Å². The van der Waals surface area contributed by atoms with Crippen molar-refractivity contribution in [3.63, 3.8) is 0 Å². The van der Waals surface area contributed by atoms with E-state index in [0.717, 1.165) is 0 Å². The van der Waals surface area contributed by atoms with Gasteiger partial charge in [-0.25, -0.2) is 9.18 Å². The number of aliphatic hydroxyl groups excluding tert-OH is 1. The zero-order valence-electron chi connectivity index (χ0n) is 10.6. The molecule has 0 saturated carbocycles. The van der Waals surface area contributed by atoms with Gasteiger partial charge in [0, 0.05) is 19.0 Å². The summed E-state index contributed by atoms with van der Waals surface area (Å²) in [5, 5.41) is 18.5. The summed E-state index contributed by atoms with van der Waals surface area (Å²) in [6, 6.07) is 4.30. The molecule has 5 nitrogen and oxygen atoms in total. The summed E-state index contributed by atoms with van der Waals surface area (Å²) in [6.45, 7) is 0.301. The number of rotatable bonds is 2. The van der Waals surface area contributed by atoms with E-state index in [0.29, 0.717) is 5.56 Å². The predicted molar refractivity (Wildman–Crippen MR) is 70.3 cm³/mol. The van der Waals surface area contributed by atoms with Crippen LogP contribution in [0, 0.1) is 11.7 Å². The van der Waals surface area contributed by atoms with Crippen LogP contribution in [0.25, 0.3) is 0 Å². The molecule has 7 heteroatoms. The Bertz CT molecular complexity index is 499. The van der Waals surface area contributed by atoms with Crippen molar-refractivity contribution in [3.05, 3.63) is 34.6 Å². The highest BCUT2D eigenvalue weighted by atomic mass is 35.5. The van der Waals surface area contributed by atoms with Crippen LogP contribution < -0.4 is 0 Å².